The minimum atomic E-state index is -1.22. The van der Waals surface area contributed by atoms with Crippen LogP contribution in [0.5, 0.6) is 0 Å². The van der Waals surface area contributed by atoms with Gasteiger partial charge in [-0.2, -0.15) is 0 Å². The first-order valence-electron chi connectivity index (χ1n) is 9.77. The standard InChI is InChI=1S/C21H25NO10/c1-11(23)22-16-8-6-5-7-15(16)21(27)32-19-9-17(29-13(3)25)20(30-14(4)26)18(31-19)10-28-12(2)24/h5-8,17-20H,9-10H2,1-4H3,(H,22,23)/t17-,18-,19-,20+/m1/s1. The van der Waals surface area contributed by atoms with E-state index in [0.29, 0.717) is 0 Å². The van der Waals surface area contributed by atoms with Crippen molar-refractivity contribution in [1.82, 2.24) is 0 Å². The van der Waals surface area contributed by atoms with Crippen LogP contribution < -0.4 is 5.32 Å². The Balaban J connectivity index is 2.24. The monoisotopic (exact) mass is 451 g/mol. The Hall–Kier alpha value is -3.47. The number of ether oxygens (including phenoxy) is 5. The summed E-state index contributed by atoms with van der Waals surface area (Å²) in [5.41, 5.74) is 0.320. The summed E-state index contributed by atoms with van der Waals surface area (Å²) in [7, 11) is 0. The van der Waals surface area contributed by atoms with E-state index in [0.717, 1.165) is 0 Å². The van der Waals surface area contributed by atoms with E-state index in [4.69, 9.17) is 23.7 Å². The highest BCUT2D eigenvalue weighted by Crippen LogP contribution is 2.28. The molecule has 1 N–H and O–H groups in total. The summed E-state index contributed by atoms with van der Waals surface area (Å²) in [5, 5.41) is 2.53. The summed E-state index contributed by atoms with van der Waals surface area (Å²) in [6, 6.07) is 6.21. The molecule has 1 aromatic rings. The molecule has 1 aliphatic heterocycles. The smallest absolute Gasteiger partial charge is 0.342 e. The molecular weight excluding hydrogens is 426 g/mol. The lowest BCUT2D eigenvalue weighted by atomic mass is 10.0. The molecule has 1 aromatic carbocycles. The molecule has 2 rings (SSSR count). The number of rotatable bonds is 7. The zero-order chi connectivity index (χ0) is 23.8. The van der Waals surface area contributed by atoms with Crippen molar-refractivity contribution in [2.75, 3.05) is 11.9 Å². The van der Waals surface area contributed by atoms with Crippen LogP contribution in [-0.2, 0) is 42.9 Å². The second kappa shape index (κ2) is 11.2. The van der Waals surface area contributed by atoms with Crippen molar-refractivity contribution in [2.45, 2.75) is 58.7 Å². The largest absolute Gasteiger partial charge is 0.463 e. The maximum absolute atomic E-state index is 12.7. The second-order valence-electron chi connectivity index (χ2n) is 7.00. The van der Waals surface area contributed by atoms with Gasteiger partial charge in [0.1, 0.15) is 18.8 Å². The summed E-state index contributed by atoms with van der Waals surface area (Å²) in [4.78, 5) is 58.5. The lowest BCUT2D eigenvalue weighted by Gasteiger charge is -2.39. The Morgan fingerprint density at radius 2 is 1.59 bits per heavy atom. The average Bonchev–Trinajstić information content (AvgIpc) is 2.67. The first kappa shape index (κ1) is 24.8. The Morgan fingerprint density at radius 3 is 2.19 bits per heavy atom. The van der Waals surface area contributed by atoms with Crippen LogP contribution in [0.3, 0.4) is 0 Å². The SMILES string of the molecule is CC(=O)Nc1ccccc1C(=O)O[C@@H]1C[C@@H](OC(C)=O)[C@H](OC(C)=O)[C@@H](COC(C)=O)O1. The number of nitrogens with one attached hydrogen (secondary N) is 1. The lowest BCUT2D eigenvalue weighted by Crippen LogP contribution is -2.54. The fraction of sp³-hybridized carbons (Fsp3) is 0.476. The summed E-state index contributed by atoms with van der Waals surface area (Å²) in [6.07, 6.45) is -4.53. The van der Waals surface area contributed by atoms with Crippen LogP contribution in [0.15, 0.2) is 24.3 Å². The van der Waals surface area contributed by atoms with E-state index >= 15 is 0 Å². The molecule has 1 fully saturated rings. The van der Waals surface area contributed by atoms with Crippen molar-refractivity contribution < 1.29 is 47.7 Å². The van der Waals surface area contributed by atoms with E-state index in [1.807, 2.05) is 0 Å². The number of hydrogen-bond donors (Lipinski definition) is 1. The molecule has 0 bridgehead atoms. The van der Waals surface area contributed by atoms with Crippen LogP contribution in [0, 0.1) is 0 Å². The van der Waals surface area contributed by atoms with Crippen molar-refractivity contribution in [1.29, 1.82) is 0 Å². The predicted octanol–water partition coefficient (Wildman–Crippen LogP) is 1.34. The summed E-state index contributed by atoms with van der Waals surface area (Å²) in [6.45, 7) is 4.49. The summed E-state index contributed by atoms with van der Waals surface area (Å²) in [5.74, 6) is -3.11. The van der Waals surface area contributed by atoms with Gasteiger partial charge in [-0.15, -0.1) is 0 Å². The van der Waals surface area contributed by atoms with E-state index in [2.05, 4.69) is 5.32 Å². The Morgan fingerprint density at radius 1 is 0.938 bits per heavy atom. The van der Waals surface area contributed by atoms with Gasteiger partial charge in [0.2, 0.25) is 12.2 Å². The number of carbonyl (C=O) groups is 5. The molecule has 0 saturated carbocycles. The van der Waals surface area contributed by atoms with Crippen molar-refractivity contribution in [3.05, 3.63) is 29.8 Å². The molecule has 0 radical (unpaired) electrons. The van der Waals surface area contributed by atoms with E-state index in [9.17, 15) is 24.0 Å². The number of para-hydroxylation sites is 1. The van der Waals surface area contributed by atoms with Crippen LogP contribution in [0.1, 0.15) is 44.5 Å². The molecule has 1 amide bonds. The Kier molecular flexibility index (Phi) is 8.71. The highest BCUT2D eigenvalue weighted by Gasteiger charge is 2.45. The van der Waals surface area contributed by atoms with E-state index < -0.39 is 48.5 Å². The highest BCUT2D eigenvalue weighted by molar-refractivity contribution is 6.00. The molecule has 11 heteroatoms. The fourth-order valence-corrected chi connectivity index (χ4v) is 3.12. The van der Waals surface area contributed by atoms with E-state index in [-0.39, 0.29) is 30.2 Å². The molecule has 0 spiro atoms. The van der Waals surface area contributed by atoms with Crippen molar-refractivity contribution >= 4 is 35.5 Å². The third-order valence-corrected chi connectivity index (χ3v) is 4.25. The number of amides is 1. The Bertz CT molecular complexity index is 883. The maximum Gasteiger partial charge on any atom is 0.342 e. The first-order chi connectivity index (χ1) is 15.1. The number of benzene rings is 1. The van der Waals surface area contributed by atoms with Gasteiger partial charge in [0.15, 0.2) is 6.10 Å². The van der Waals surface area contributed by atoms with Gasteiger partial charge in [0.05, 0.1) is 17.7 Å². The molecule has 0 aliphatic carbocycles. The van der Waals surface area contributed by atoms with Crippen LogP contribution in [0.25, 0.3) is 0 Å². The average molecular weight is 451 g/mol. The molecule has 11 nitrogen and oxygen atoms in total. The molecule has 174 valence electrons. The van der Waals surface area contributed by atoms with Gasteiger partial charge in [-0.1, -0.05) is 12.1 Å². The molecule has 32 heavy (non-hydrogen) atoms. The van der Waals surface area contributed by atoms with Gasteiger partial charge >= 0.3 is 23.9 Å². The van der Waals surface area contributed by atoms with Gasteiger partial charge in [-0.3, -0.25) is 19.2 Å². The minimum Gasteiger partial charge on any atom is -0.463 e. The third kappa shape index (κ3) is 7.34. The van der Waals surface area contributed by atoms with Gasteiger partial charge in [-0.25, -0.2) is 4.79 Å². The lowest BCUT2D eigenvalue weighted by molar-refractivity contribution is -0.252. The highest BCUT2D eigenvalue weighted by atomic mass is 16.7. The van der Waals surface area contributed by atoms with Crippen LogP contribution in [0.2, 0.25) is 0 Å². The first-order valence-corrected chi connectivity index (χ1v) is 9.77. The molecule has 4 atom stereocenters. The molecular formula is C21H25NO10. The quantitative estimate of drug-likeness (QED) is 0.476. The van der Waals surface area contributed by atoms with Crippen LogP contribution in [0.4, 0.5) is 5.69 Å². The molecule has 1 heterocycles. The zero-order valence-corrected chi connectivity index (χ0v) is 18.1. The number of carbonyl (C=O) groups excluding carboxylic acids is 5. The minimum absolute atomic E-state index is 0.0778. The number of anilines is 1. The molecule has 0 unspecified atom stereocenters. The van der Waals surface area contributed by atoms with Gasteiger partial charge in [0.25, 0.3) is 0 Å². The van der Waals surface area contributed by atoms with Gasteiger partial charge in [0, 0.05) is 27.7 Å². The van der Waals surface area contributed by atoms with Crippen LogP contribution in [-0.4, -0.2) is 61.0 Å². The molecule has 0 aromatic heterocycles. The third-order valence-electron chi connectivity index (χ3n) is 4.25. The predicted molar refractivity (Wildman–Crippen MR) is 107 cm³/mol. The topological polar surface area (TPSA) is 144 Å². The van der Waals surface area contributed by atoms with Gasteiger partial charge in [-0.05, 0) is 12.1 Å². The number of hydrogen-bond acceptors (Lipinski definition) is 10. The van der Waals surface area contributed by atoms with Crippen molar-refractivity contribution in [2.24, 2.45) is 0 Å². The van der Waals surface area contributed by atoms with Crippen molar-refractivity contribution in [3.63, 3.8) is 0 Å². The molecule has 1 aliphatic rings. The maximum atomic E-state index is 12.7. The van der Waals surface area contributed by atoms with Crippen LogP contribution >= 0.6 is 0 Å². The van der Waals surface area contributed by atoms with Crippen molar-refractivity contribution in [3.8, 4) is 0 Å². The Labute approximate surface area is 184 Å². The zero-order valence-electron chi connectivity index (χ0n) is 18.1. The molecule has 1 saturated heterocycles. The summed E-state index contributed by atoms with van der Waals surface area (Å²) < 4.78 is 26.6. The summed E-state index contributed by atoms with van der Waals surface area (Å²) >= 11 is 0. The number of esters is 4. The second-order valence-corrected chi connectivity index (χ2v) is 7.00. The van der Waals surface area contributed by atoms with E-state index in [1.165, 1.54) is 39.8 Å². The van der Waals surface area contributed by atoms with E-state index in [1.54, 1.807) is 12.1 Å². The fourth-order valence-electron chi connectivity index (χ4n) is 3.12. The normalized spacial score (nSPS) is 22.2. The van der Waals surface area contributed by atoms with Gasteiger partial charge < -0.3 is 29.0 Å².